The van der Waals surface area contributed by atoms with Crippen LogP contribution in [-0.2, 0) is 15.9 Å². The number of fused-ring (bicyclic) bond motifs is 1. The molecule has 25 heavy (non-hydrogen) atoms. The van der Waals surface area contributed by atoms with Crippen LogP contribution in [0.5, 0.6) is 0 Å². The Labute approximate surface area is 152 Å². The zero-order valence-corrected chi connectivity index (χ0v) is 15.6. The molecule has 1 aliphatic heterocycles. The highest BCUT2D eigenvalue weighted by atomic mass is 35.5. The molecule has 132 valence electrons. The molecule has 5 nitrogen and oxygen atoms in total. The number of benzene rings is 1. The minimum atomic E-state index is -0.239. The molecule has 0 amide bonds. The van der Waals surface area contributed by atoms with Gasteiger partial charge in [-0.05, 0) is 23.6 Å². The second-order valence-electron chi connectivity index (χ2n) is 6.37. The van der Waals surface area contributed by atoms with Crippen LogP contribution in [0, 0.1) is 5.92 Å². The zero-order chi connectivity index (χ0) is 18.0. The molecule has 2 unspecified atom stereocenters. The molecule has 0 saturated heterocycles. The number of aliphatic imine (C=N–C) groups is 2. The topological polar surface area (TPSA) is 56.1 Å². The first-order valence-electron chi connectivity index (χ1n) is 8.31. The van der Waals surface area contributed by atoms with E-state index in [0.717, 1.165) is 16.5 Å². The Bertz CT molecular complexity index is 833. The lowest BCUT2D eigenvalue weighted by atomic mass is 9.99. The highest BCUT2D eigenvalue weighted by molar-refractivity contribution is 6.30. The van der Waals surface area contributed by atoms with E-state index < -0.39 is 0 Å². The summed E-state index contributed by atoms with van der Waals surface area (Å²) < 4.78 is 11.0. The number of pyridine rings is 1. The Morgan fingerprint density at radius 1 is 1.08 bits per heavy atom. The Hall–Kier alpha value is -2.14. The number of para-hydroxylation sites is 1. The molecule has 6 heteroatoms. The first-order chi connectivity index (χ1) is 12.0. The average Bonchev–Trinajstić information content (AvgIpc) is 2.60. The molecule has 1 aromatic carbocycles. The summed E-state index contributed by atoms with van der Waals surface area (Å²) in [7, 11) is 3.27. The normalized spacial score (nSPS) is 20.4. The summed E-state index contributed by atoms with van der Waals surface area (Å²) in [4.78, 5) is 13.9. The standard InChI is InChI=1S/C19H22ClN3O2/c1-11(2)17-19(25-4)22-15(18(23-17)24-3)9-12-10-16(20)21-14-8-6-5-7-13(12)14/h5-8,10-11,15,17H,9H2,1-4H3. The highest BCUT2D eigenvalue weighted by Crippen LogP contribution is 2.25. The van der Waals surface area contributed by atoms with Crippen LogP contribution in [-0.4, -0.2) is 43.1 Å². The van der Waals surface area contributed by atoms with Gasteiger partial charge in [0, 0.05) is 11.8 Å². The summed E-state index contributed by atoms with van der Waals surface area (Å²) in [6.07, 6.45) is 0.618. The van der Waals surface area contributed by atoms with Gasteiger partial charge in [0.25, 0.3) is 0 Å². The van der Waals surface area contributed by atoms with Crippen molar-refractivity contribution in [2.45, 2.75) is 32.4 Å². The maximum absolute atomic E-state index is 6.20. The minimum absolute atomic E-state index is 0.117. The quantitative estimate of drug-likeness (QED) is 0.780. The van der Waals surface area contributed by atoms with Gasteiger partial charge in [-0.15, -0.1) is 0 Å². The predicted molar refractivity (Wildman–Crippen MR) is 102 cm³/mol. The van der Waals surface area contributed by atoms with Gasteiger partial charge < -0.3 is 9.47 Å². The summed E-state index contributed by atoms with van der Waals surface area (Å²) >= 11 is 6.20. The highest BCUT2D eigenvalue weighted by Gasteiger charge is 2.31. The molecule has 0 aliphatic carbocycles. The fraction of sp³-hybridized carbons (Fsp3) is 0.421. The Morgan fingerprint density at radius 2 is 1.80 bits per heavy atom. The van der Waals surface area contributed by atoms with E-state index in [9.17, 15) is 0 Å². The molecule has 1 aliphatic rings. The maximum atomic E-state index is 6.20. The Balaban J connectivity index is 2.00. The van der Waals surface area contributed by atoms with Crippen LogP contribution in [0.4, 0.5) is 0 Å². The van der Waals surface area contributed by atoms with E-state index in [4.69, 9.17) is 31.1 Å². The van der Waals surface area contributed by atoms with E-state index in [1.165, 1.54) is 0 Å². The zero-order valence-electron chi connectivity index (χ0n) is 14.9. The molecular weight excluding hydrogens is 338 g/mol. The van der Waals surface area contributed by atoms with Crippen molar-refractivity contribution >= 4 is 34.3 Å². The molecule has 0 radical (unpaired) electrons. The average molecular weight is 360 g/mol. The number of methoxy groups -OCH3 is 2. The second-order valence-corrected chi connectivity index (χ2v) is 6.76. The van der Waals surface area contributed by atoms with Gasteiger partial charge in [-0.25, -0.2) is 15.0 Å². The van der Waals surface area contributed by atoms with Crippen molar-refractivity contribution in [1.29, 1.82) is 0 Å². The number of aromatic nitrogens is 1. The van der Waals surface area contributed by atoms with Crippen LogP contribution in [0.3, 0.4) is 0 Å². The van der Waals surface area contributed by atoms with E-state index in [2.05, 4.69) is 18.8 Å². The number of rotatable bonds is 3. The van der Waals surface area contributed by atoms with Gasteiger partial charge in [0.05, 0.1) is 19.7 Å². The third-order valence-electron chi connectivity index (χ3n) is 4.32. The first kappa shape index (κ1) is 17.7. The van der Waals surface area contributed by atoms with E-state index >= 15 is 0 Å². The fourth-order valence-electron chi connectivity index (χ4n) is 3.08. The van der Waals surface area contributed by atoms with Crippen molar-refractivity contribution in [1.82, 2.24) is 4.98 Å². The van der Waals surface area contributed by atoms with Crippen LogP contribution < -0.4 is 0 Å². The van der Waals surface area contributed by atoms with E-state index in [-0.39, 0.29) is 18.0 Å². The molecule has 2 atom stereocenters. The number of hydrogen-bond donors (Lipinski definition) is 0. The van der Waals surface area contributed by atoms with Crippen LogP contribution in [0.2, 0.25) is 5.15 Å². The van der Waals surface area contributed by atoms with Crippen LogP contribution in [0.15, 0.2) is 40.3 Å². The Kier molecular flexibility index (Phi) is 5.23. The van der Waals surface area contributed by atoms with Gasteiger partial charge in [-0.2, -0.15) is 0 Å². The lowest BCUT2D eigenvalue weighted by Gasteiger charge is -2.27. The van der Waals surface area contributed by atoms with Crippen molar-refractivity contribution in [3.63, 3.8) is 0 Å². The van der Waals surface area contributed by atoms with Gasteiger partial charge in [-0.3, -0.25) is 0 Å². The fourth-order valence-corrected chi connectivity index (χ4v) is 3.30. The smallest absolute Gasteiger partial charge is 0.209 e. The summed E-state index contributed by atoms with van der Waals surface area (Å²) in [6, 6.07) is 9.46. The molecule has 2 heterocycles. The monoisotopic (exact) mass is 359 g/mol. The third kappa shape index (κ3) is 3.61. The summed E-state index contributed by atoms with van der Waals surface area (Å²) in [5.41, 5.74) is 1.93. The summed E-state index contributed by atoms with van der Waals surface area (Å²) in [6.45, 7) is 4.18. The summed E-state index contributed by atoms with van der Waals surface area (Å²) in [5.74, 6) is 1.54. The third-order valence-corrected chi connectivity index (χ3v) is 4.51. The van der Waals surface area contributed by atoms with Crippen LogP contribution in [0.1, 0.15) is 19.4 Å². The minimum Gasteiger partial charge on any atom is -0.483 e. The SMILES string of the molecule is COC1=NC(C(C)C)C(OC)=NC1Cc1cc(Cl)nc2ccccc12. The lowest BCUT2D eigenvalue weighted by molar-refractivity contribution is 0.333. The maximum Gasteiger partial charge on any atom is 0.209 e. The van der Waals surface area contributed by atoms with Crippen LogP contribution in [0.25, 0.3) is 10.9 Å². The molecule has 0 fully saturated rings. The molecule has 0 spiro atoms. The van der Waals surface area contributed by atoms with Gasteiger partial charge in [0.2, 0.25) is 11.8 Å². The molecule has 1 aromatic heterocycles. The second kappa shape index (κ2) is 7.40. The van der Waals surface area contributed by atoms with Crippen molar-refractivity contribution in [3.05, 3.63) is 41.0 Å². The van der Waals surface area contributed by atoms with Gasteiger partial charge in [0.15, 0.2) is 0 Å². The van der Waals surface area contributed by atoms with Crippen molar-refractivity contribution < 1.29 is 9.47 Å². The Morgan fingerprint density at radius 3 is 2.48 bits per heavy atom. The molecule has 0 saturated carbocycles. The molecule has 0 bridgehead atoms. The predicted octanol–water partition coefficient (Wildman–Crippen LogP) is 3.93. The summed E-state index contributed by atoms with van der Waals surface area (Å²) in [5, 5.41) is 1.53. The van der Waals surface area contributed by atoms with Crippen molar-refractivity contribution in [2.75, 3.05) is 14.2 Å². The van der Waals surface area contributed by atoms with E-state index in [0.29, 0.717) is 23.4 Å². The van der Waals surface area contributed by atoms with Gasteiger partial charge in [0.1, 0.15) is 17.2 Å². The first-order valence-corrected chi connectivity index (χ1v) is 8.68. The van der Waals surface area contributed by atoms with Crippen LogP contribution >= 0.6 is 11.6 Å². The van der Waals surface area contributed by atoms with Crippen molar-refractivity contribution in [3.8, 4) is 0 Å². The van der Waals surface area contributed by atoms with Gasteiger partial charge >= 0.3 is 0 Å². The number of nitrogens with zero attached hydrogens (tertiary/aromatic N) is 3. The van der Waals surface area contributed by atoms with E-state index in [1.807, 2.05) is 30.3 Å². The molecular formula is C19H22ClN3O2. The van der Waals surface area contributed by atoms with Crippen molar-refractivity contribution in [2.24, 2.45) is 15.9 Å². The number of halogens is 1. The number of hydrogen-bond acceptors (Lipinski definition) is 5. The van der Waals surface area contributed by atoms with Gasteiger partial charge in [-0.1, -0.05) is 43.6 Å². The molecule has 2 aromatic rings. The molecule has 3 rings (SSSR count). The number of ether oxygens (including phenoxy) is 2. The lowest BCUT2D eigenvalue weighted by Crippen LogP contribution is -2.38. The molecule has 0 N–H and O–H groups in total. The van der Waals surface area contributed by atoms with E-state index in [1.54, 1.807) is 14.2 Å². The largest absolute Gasteiger partial charge is 0.483 e.